The number of rotatable bonds is 8. The van der Waals surface area contributed by atoms with E-state index in [0.29, 0.717) is 19.6 Å². The Morgan fingerprint density at radius 2 is 2.00 bits per heavy atom. The van der Waals surface area contributed by atoms with E-state index in [-0.39, 0.29) is 18.0 Å². The van der Waals surface area contributed by atoms with Gasteiger partial charge in [-0.25, -0.2) is 0 Å². The monoisotopic (exact) mass is 230 g/mol. The molecule has 0 radical (unpaired) electrons. The van der Waals surface area contributed by atoms with Gasteiger partial charge in [-0.05, 0) is 19.8 Å². The fourth-order valence-corrected chi connectivity index (χ4v) is 1.49. The molecule has 2 N–H and O–H groups in total. The normalized spacial score (nSPS) is 14.6. The average Bonchev–Trinajstić information content (AvgIpc) is 2.28. The van der Waals surface area contributed by atoms with Crippen LogP contribution in [0, 0.1) is 0 Å². The summed E-state index contributed by atoms with van der Waals surface area (Å²) < 4.78 is 5.02. The molecule has 0 heterocycles. The summed E-state index contributed by atoms with van der Waals surface area (Å²) in [6.07, 6.45) is 2.23. The van der Waals surface area contributed by atoms with E-state index in [4.69, 9.17) is 10.5 Å². The molecule has 0 rings (SSSR count). The molecule has 0 spiro atoms. The van der Waals surface area contributed by atoms with Gasteiger partial charge in [0.15, 0.2) is 0 Å². The summed E-state index contributed by atoms with van der Waals surface area (Å²) in [7, 11) is 1.65. The molecular formula is C12H26N2O2. The van der Waals surface area contributed by atoms with Crippen LogP contribution in [0.1, 0.15) is 40.0 Å². The first kappa shape index (κ1) is 15.4. The Kier molecular flexibility index (Phi) is 8.21. The van der Waals surface area contributed by atoms with E-state index in [2.05, 4.69) is 13.8 Å². The first-order valence-corrected chi connectivity index (χ1v) is 6.10. The van der Waals surface area contributed by atoms with E-state index >= 15 is 0 Å². The largest absolute Gasteiger partial charge is 0.383 e. The van der Waals surface area contributed by atoms with E-state index in [9.17, 15) is 4.79 Å². The lowest BCUT2D eigenvalue weighted by Gasteiger charge is -2.29. The fraction of sp³-hybridized carbons (Fsp3) is 0.917. The van der Waals surface area contributed by atoms with Crippen LogP contribution < -0.4 is 5.73 Å². The molecule has 0 aromatic carbocycles. The van der Waals surface area contributed by atoms with Gasteiger partial charge in [0.25, 0.3) is 0 Å². The Morgan fingerprint density at radius 1 is 1.38 bits per heavy atom. The molecular weight excluding hydrogens is 204 g/mol. The first-order valence-electron chi connectivity index (χ1n) is 6.10. The second-order valence-corrected chi connectivity index (χ2v) is 4.21. The quantitative estimate of drug-likeness (QED) is 0.685. The predicted molar refractivity (Wildman–Crippen MR) is 66.2 cm³/mol. The topological polar surface area (TPSA) is 55.6 Å². The maximum atomic E-state index is 12.0. The lowest BCUT2D eigenvalue weighted by atomic mass is 10.1. The van der Waals surface area contributed by atoms with E-state index in [1.807, 2.05) is 11.8 Å². The van der Waals surface area contributed by atoms with Crippen molar-refractivity contribution in [2.24, 2.45) is 5.73 Å². The molecule has 0 aliphatic rings. The number of methoxy groups -OCH3 is 1. The van der Waals surface area contributed by atoms with Crippen molar-refractivity contribution in [3.63, 3.8) is 0 Å². The molecule has 2 atom stereocenters. The smallest absolute Gasteiger partial charge is 0.224 e. The number of hydrogen-bond acceptors (Lipinski definition) is 3. The lowest BCUT2D eigenvalue weighted by molar-refractivity contribution is -0.134. The summed E-state index contributed by atoms with van der Waals surface area (Å²) in [5, 5.41) is 0. The maximum Gasteiger partial charge on any atom is 0.224 e. The highest BCUT2D eigenvalue weighted by atomic mass is 16.5. The van der Waals surface area contributed by atoms with Gasteiger partial charge in [-0.1, -0.05) is 13.8 Å². The van der Waals surface area contributed by atoms with Crippen LogP contribution in [-0.4, -0.2) is 43.2 Å². The molecule has 0 aliphatic carbocycles. The van der Waals surface area contributed by atoms with Crippen LogP contribution in [0.4, 0.5) is 0 Å². The Balaban J connectivity index is 4.31. The van der Waals surface area contributed by atoms with Gasteiger partial charge in [-0.2, -0.15) is 0 Å². The third kappa shape index (κ3) is 5.47. The van der Waals surface area contributed by atoms with Crippen LogP contribution in [0.5, 0.6) is 0 Å². The van der Waals surface area contributed by atoms with Gasteiger partial charge < -0.3 is 15.4 Å². The minimum Gasteiger partial charge on any atom is -0.383 e. The average molecular weight is 230 g/mol. The van der Waals surface area contributed by atoms with E-state index < -0.39 is 0 Å². The van der Waals surface area contributed by atoms with Crippen molar-refractivity contribution in [3.8, 4) is 0 Å². The van der Waals surface area contributed by atoms with Crippen LogP contribution >= 0.6 is 0 Å². The van der Waals surface area contributed by atoms with Crippen LogP contribution in [0.25, 0.3) is 0 Å². The highest BCUT2D eigenvalue weighted by Gasteiger charge is 2.19. The SMILES string of the molecule is CCC(N)CC(=O)N(CCOC)C(C)CC. The summed E-state index contributed by atoms with van der Waals surface area (Å²) in [4.78, 5) is 13.9. The second-order valence-electron chi connectivity index (χ2n) is 4.21. The summed E-state index contributed by atoms with van der Waals surface area (Å²) >= 11 is 0. The summed E-state index contributed by atoms with van der Waals surface area (Å²) in [6.45, 7) is 7.38. The highest BCUT2D eigenvalue weighted by Crippen LogP contribution is 2.07. The van der Waals surface area contributed by atoms with E-state index in [0.717, 1.165) is 12.8 Å². The Labute approximate surface area is 99.1 Å². The maximum absolute atomic E-state index is 12.0. The molecule has 0 aromatic rings. The van der Waals surface area contributed by atoms with Crippen molar-refractivity contribution in [2.45, 2.75) is 52.1 Å². The lowest BCUT2D eigenvalue weighted by Crippen LogP contribution is -2.42. The van der Waals surface area contributed by atoms with Crippen molar-refractivity contribution < 1.29 is 9.53 Å². The number of carbonyl (C=O) groups is 1. The van der Waals surface area contributed by atoms with Crippen molar-refractivity contribution in [1.82, 2.24) is 4.90 Å². The van der Waals surface area contributed by atoms with Crippen LogP contribution in [0.2, 0.25) is 0 Å². The van der Waals surface area contributed by atoms with Gasteiger partial charge in [-0.15, -0.1) is 0 Å². The van der Waals surface area contributed by atoms with Crippen molar-refractivity contribution in [3.05, 3.63) is 0 Å². The van der Waals surface area contributed by atoms with Gasteiger partial charge in [0.05, 0.1) is 6.61 Å². The van der Waals surface area contributed by atoms with E-state index in [1.165, 1.54) is 0 Å². The molecule has 0 saturated carbocycles. The van der Waals surface area contributed by atoms with Gasteiger partial charge in [-0.3, -0.25) is 4.79 Å². The van der Waals surface area contributed by atoms with Gasteiger partial charge in [0.2, 0.25) is 5.91 Å². The molecule has 0 aliphatic heterocycles. The summed E-state index contributed by atoms with van der Waals surface area (Å²) in [6, 6.07) is 0.230. The zero-order chi connectivity index (χ0) is 12.6. The molecule has 16 heavy (non-hydrogen) atoms. The Bertz CT molecular complexity index is 197. The molecule has 0 saturated heterocycles. The fourth-order valence-electron chi connectivity index (χ4n) is 1.49. The third-order valence-electron chi connectivity index (χ3n) is 2.94. The molecule has 4 nitrogen and oxygen atoms in total. The van der Waals surface area contributed by atoms with Gasteiger partial charge >= 0.3 is 0 Å². The first-order chi connectivity index (χ1) is 7.56. The van der Waals surface area contributed by atoms with Gasteiger partial charge in [0.1, 0.15) is 0 Å². The zero-order valence-corrected chi connectivity index (χ0v) is 11.0. The number of amides is 1. The number of carbonyl (C=O) groups excluding carboxylic acids is 1. The molecule has 0 fully saturated rings. The predicted octanol–water partition coefficient (Wildman–Crippen LogP) is 1.39. The second kappa shape index (κ2) is 8.53. The summed E-state index contributed by atoms with van der Waals surface area (Å²) in [5.74, 6) is 0.140. The standard InChI is InChI=1S/C12H26N2O2/c1-5-10(3)14(7-8-16-4)12(15)9-11(13)6-2/h10-11H,5-9,13H2,1-4H3. The van der Waals surface area contributed by atoms with Crippen molar-refractivity contribution >= 4 is 5.91 Å². The highest BCUT2D eigenvalue weighted by molar-refractivity contribution is 5.77. The molecule has 0 bridgehead atoms. The minimum absolute atomic E-state index is 0.0263. The molecule has 4 heteroatoms. The van der Waals surface area contributed by atoms with E-state index in [1.54, 1.807) is 7.11 Å². The number of nitrogens with zero attached hydrogens (tertiary/aromatic N) is 1. The molecule has 1 amide bonds. The number of hydrogen-bond donors (Lipinski definition) is 1. The third-order valence-corrected chi connectivity index (χ3v) is 2.94. The van der Waals surface area contributed by atoms with Crippen molar-refractivity contribution in [1.29, 1.82) is 0 Å². The van der Waals surface area contributed by atoms with Gasteiger partial charge in [0, 0.05) is 32.2 Å². The Hall–Kier alpha value is -0.610. The molecule has 96 valence electrons. The van der Waals surface area contributed by atoms with Crippen molar-refractivity contribution in [2.75, 3.05) is 20.3 Å². The zero-order valence-electron chi connectivity index (χ0n) is 11.0. The molecule has 2 unspecified atom stereocenters. The number of ether oxygens (including phenoxy) is 1. The van der Waals surface area contributed by atoms with Crippen LogP contribution in [0.15, 0.2) is 0 Å². The van der Waals surface area contributed by atoms with Crippen LogP contribution in [0.3, 0.4) is 0 Å². The Morgan fingerprint density at radius 3 is 2.44 bits per heavy atom. The summed E-state index contributed by atoms with van der Waals surface area (Å²) in [5.41, 5.74) is 5.80. The minimum atomic E-state index is -0.0263. The van der Waals surface area contributed by atoms with Crippen LogP contribution in [-0.2, 0) is 9.53 Å². The molecule has 0 aromatic heterocycles. The number of nitrogens with two attached hydrogens (primary N) is 1.